The lowest BCUT2D eigenvalue weighted by Gasteiger charge is -2.34. The average molecular weight is 335 g/mol. The molecule has 1 aliphatic rings. The Balaban J connectivity index is 1.72. The predicted molar refractivity (Wildman–Crippen MR) is 101 cm³/mol. The van der Waals surface area contributed by atoms with E-state index in [0.717, 1.165) is 55.8 Å². The van der Waals surface area contributed by atoms with E-state index in [1.165, 1.54) is 5.69 Å². The van der Waals surface area contributed by atoms with Crippen LogP contribution >= 0.6 is 0 Å². The summed E-state index contributed by atoms with van der Waals surface area (Å²) >= 11 is 0. The van der Waals surface area contributed by atoms with E-state index in [-0.39, 0.29) is 0 Å². The molecule has 1 N–H and O–H groups in total. The lowest BCUT2D eigenvalue weighted by atomic mass is 10.0. The summed E-state index contributed by atoms with van der Waals surface area (Å²) in [7, 11) is 0. The van der Waals surface area contributed by atoms with Gasteiger partial charge in [0.2, 0.25) is 0 Å². The van der Waals surface area contributed by atoms with E-state index in [2.05, 4.69) is 52.5 Å². The van der Waals surface area contributed by atoms with Crippen LogP contribution in [0.1, 0.15) is 43.5 Å². The topological polar surface area (TPSA) is 64.8 Å². The molecular weight excluding hydrogens is 310 g/mol. The molecule has 0 bridgehead atoms. The van der Waals surface area contributed by atoms with Crippen LogP contribution in [-0.4, -0.2) is 29.3 Å². The van der Waals surface area contributed by atoms with E-state index in [1.54, 1.807) is 0 Å². The number of benzene rings is 1. The number of rotatable bonds is 5. The van der Waals surface area contributed by atoms with Gasteiger partial charge in [-0.1, -0.05) is 32.0 Å². The molecular formula is C20H25N5. The Hall–Kier alpha value is -2.61. The molecule has 0 atom stereocenters. The summed E-state index contributed by atoms with van der Waals surface area (Å²) in [6.07, 6.45) is 3.69. The third-order valence-electron chi connectivity index (χ3n) is 4.88. The molecule has 0 unspecified atom stereocenters. The zero-order valence-electron chi connectivity index (χ0n) is 15.0. The Labute approximate surface area is 149 Å². The molecule has 0 aliphatic carbocycles. The normalized spacial score (nSPS) is 15.0. The summed E-state index contributed by atoms with van der Waals surface area (Å²) in [5, 5.41) is 22.0. The molecule has 0 spiro atoms. The molecule has 2 heterocycles. The maximum Gasteiger partial charge on any atom is 0.169 e. The molecule has 3 rings (SSSR count). The van der Waals surface area contributed by atoms with E-state index < -0.39 is 0 Å². The van der Waals surface area contributed by atoms with Gasteiger partial charge in [0.15, 0.2) is 5.82 Å². The van der Waals surface area contributed by atoms with Crippen molar-refractivity contribution >= 4 is 11.5 Å². The molecule has 5 heteroatoms. The molecule has 0 radical (unpaired) electrons. The highest BCUT2D eigenvalue weighted by molar-refractivity contribution is 5.58. The van der Waals surface area contributed by atoms with Gasteiger partial charge in [-0.05, 0) is 43.4 Å². The number of nitriles is 1. The number of para-hydroxylation sites is 1. The van der Waals surface area contributed by atoms with Crippen LogP contribution in [0.3, 0.4) is 0 Å². The summed E-state index contributed by atoms with van der Waals surface area (Å²) in [5.41, 5.74) is 3.88. The van der Waals surface area contributed by atoms with E-state index in [9.17, 15) is 5.26 Å². The van der Waals surface area contributed by atoms with Crippen molar-refractivity contribution in [2.24, 2.45) is 0 Å². The Bertz CT molecular complexity index is 743. The smallest absolute Gasteiger partial charge is 0.169 e. The maximum atomic E-state index is 9.67. The van der Waals surface area contributed by atoms with Gasteiger partial charge in [-0.25, -0.2) is 0 Å². The number of nitrogens with zero attached hydrogens (tertiary/aromatic N) is 4. The lowest BCUT2D eigenvalue weighted by molar-refractivity contribution is 0.521. The van der Waals surface area contributed by atoms with Crippen LogP contribution in [0, 0.1) is 11.3 Å². The molecule has 25 heavy (non-hydrogen) atoms. The first kappa shape index (κ1) is 17.2. The van der Waals surface area contributed by atoms with Crippen molar-refractivity contribution in [3.05, 3.63) is 47.2 Å². The molecule has 1 saturated heterocycles. The standard InChI is InChI=1S/C20H25N5/c1-3-17-18(14-21)20(24-23-19(17)4-2)25-12-10-16(11-13-25)22-15-8-6-5-7-9-15/h5-9,16,22H,3-4,10-13H2,1-2H3. The van der Waals surface area contributed by atoms with Gasteiger partial charge in [0, 0.05) is 24.8 Å². The lowest BCUT2D eigenvalue weighted by Crippen LogP contribution is -2.40. The number of hydrogen-bond acceptors (Lipinski definition) is 5. The first-order chi connectivity index (χ1) is 12.3. The van der Waals surface area contributed by atoms with E-state index in [4.69, 9.17) is 0 Å². The molecule has 0 amide bonds. The van der Waals surface area contributed by atoms with Crippen molar-refractivity contribution in [2.75, 3.05) is 23.3 Å². The van der Waals surface area contributed by atoms with Crippen molar-refractivity contribution in [1.82, 2.24) is 10.2 Å². The Morgan fingerprint density at radius 2 is 1.84 bits per heavy atom. The number of anilines is 2. The number of hydrogen-bond donors (Lipinski definition) is 1. The minimum absolute atomic E-state index is 0.456. The van der Waals surface area contributed by atoms with Gasteiger partial charge >= 0.3 is 0 Å². The zero-order chi connectivity index (χ0) is 17.6. The third-order valence-corrected chi connectivity index (χ3v) is 4.88. The fourth-order valence-corrected chi connectivity index (χ4v) is 3.51. The highest BCUT2D eigenvalue weighted by Gasteiger charge is 2.24. The molecule has 1 aromatic heterocycles. The molecule has 5 nitrogen and oxygen atoms in total. The molecule has 1 aromatic carbocycles. The largest absolute Gasteiger partial charge is 0.382 e. The van der Waals surface area contributed by atoms with Gasteiger partial charge in [-0.15, -0.1) is 5.10 Å². The second-order valence-corrected chi connectivity index (χ2v) is 6.41. The minimum Gasteiger partial charge on any atom is -0.382 e. The maximum absolute atomic E-state index is 9.67. The van der Waals surface area contributed by atoms with Gasteiger partial charge in [0.05, 0.1) is 5.69 Å². The molecule has 130 valence electrons. The molecule has 0 saturated carbocycles. The first-order valence-electron chi connectivity index (χ1n) is 9.11. The van der Waals surface area contributed by atoms with Crippen molar-refractivity contribution in [2.45, 2.75) is 45.6 Å². The van der Waals surface area contributed by atoms with Crippen LogP contribution in [0.4, 0.5) is 11.5 Å². The van der Waals surface area contributed by atoms with Crippen molar-refractivity contribution < 1.29 is 0 Å². The van der Waals surface area contributed by atoms with E-state index in [1.807, 2.05) is 18.2 Å². The summed E-state index contributed by atoms with van der Waals surface area (Å²) in [6, 6.07) is 13.2. The van der Waals surface area contributed by atoms with Crippen LogP contribution in [-0.2, 0) is 12.8 Å². The van der Waals surface area contributed by atoms with E-state index >= 15 is 0 Å². The molecule has 2 aromatic rings. The van der Waals surface area contributed by atoms with Crippen LogP contribution < -0.4 is 10.2 Å². The van der Waals surface area contributed by atoms with Crippen molar-refractivity contribution in [3.8, 4) is 6.07 Å². The van der Waals surface area contributed by atoms with Gasteiger partial charge in [-0.2, -0.15) is 10.4 Å². The van der Waals surface area contributed by atoms with E-state index in [0.29, 0.717) is 11.6 Å². The van der Waals surface area contributed by atoms with Crippen molar-refractivity contribution in [1.29, 1.82) is 5.26 Å². The molecule has 1 aliphatic heterocycles. The SMILES string of the molecule is CCc1nnc(N2CCC(Nc3ccccc3)CC2)c(C#N)c1CC. The number of piperidine rings is 1. The summed E-state index contributed by atoms with van der Waals surface area (Å²) in [5.74, 6) is 0.759. The monoisotopic (exact) mass is 335 g/mol. The minimum atomic E-state index is 0.456. The Morgan fingerprint density at radius 1 is 1.12 bits per heavy atom. The van der Waals surface area contributed by atoms with Gasteiger partial charge in [-0.3, -0.25) is 0 Å². The van der Waals surface area contributed by atoms with Gasteiger partial charge in [0.1, 0.15) is 11.6 Å². The number of nitrogens with one attached hydrogen (secondary N) is 1. The second kappa shape index (κ2) is 7.98. The number of aryl methyl sites for hydroxylation is 1. The highest BCUT2D eigenvalue weighted by Crippen LogP contribution is 2.26. The zero-order valence-corrected chi connectivity index (χ0v) is 15.0. The van der Waals surface area contributed by atoms with Crippen LogP contribution in [0.15, 0.2) is 30.3 Å². The van der Waals surface area contributed by atoms with Crippen LogP contribution in [0.2, 0.25) is 0 Å². The predicted octanol–water partition coefficient (Wildman–Crippen LogP) is 3.55. The third kappa shape index (κ3) is 3.74. The Morgan fingerprint density at radius 3 is 2.44 bits per heavy atom. The summed E-state index contributed by atoms with van der Waals surface area (Å²) in [4.78, 5) is 2.22. The summed E-state index contributed by atoms with van der Waals surface area (Å²) in [6.45, 7) is 5.92. The summed E-state index contributed by atoms with van der Waals surface area (Å²) < 4.78 is 0. The first-order valence-corrected chi connectivity index (χ1v) is 9.11. The van der Waals surface area contributed by atoms with Gasteiger partial charge in [0.25, 0.3) is 0 Å². The van der Waals surface area contributed by atoms with Crippen LogP contribution in [0.5, 0.6) is 0 Å². The van der Waals surface area contributed by atoms with Crippen LogP contribution in [0.25, 0.3) is 0 Å². The highest BCUT2D eigenvalue weighted by atomic mass is 15.3. The fourth-order valence-electron chi connectivity index (χ4n) is 3.51. The van der Waals surface area contributed by atoms with Crippen molar-refractivity contribution in [3.63, 3.8) is 0 Å². The quantitative estimate of drug-likeness (QED) is 0.905. The fraction of sp³-hybridized carbons (Fsp3) is 0.450. The van der Waals surface area contributed by atoms with Gasteiger partial charge < -0.3 is 10.2 Å². The number of aromatic nitrogens is 2. The second-order valence-electron chi connectivity index (χ2n) is 6.41. The average Bonchev–Trinajstić information content (AvgIpc) is 2.68. The molecule has 1 fully saturated rings. The Kier molecular flexibility index (Phi) is 5.49.